The summed E-state index contributed by atoms with van der Waals surface area (Å²) in [5.41, 5.74) is 7.24. The SMILES string of the molecule is CC(O)C1CCN(C(CN)c2ccccc2)CC1. The molecule has 0 aromatic heterocycles. The molecular weight excluding hydrogens is 224 g/mol. The molecular formula is C15H24N2O. The van der Waals surface area contributed by atoms with Gasteiger partial charge in [-0.15, -0.1) is 0 Å². The van der Waals surface area contributed by atoms with Gasteiger partial charge in [-0.1, -0.05) is 30.3 Å². The van der Waals surface area contributed by atoms with Gasteiger partial charge in [0.2, 0.25) is 0 Å². The molecule has 2 rings (SSSR count). The van der Waals surface area contributed by atoms with E-state index in [0.717, 1.165) is 25.9 Å². The minimum atomic E-state index is -0.180. The van der Waals surface area contributed by atoms with E-state index in [-0.39, 0.29) is 6.10 Å². The van der Waals surface area contributed by atoms with E-state index in [4.69, 9.17) is 5.73 Å². The van der Waals surface area contributed by atoms with Crippen LogP contribution in [0.25, 0.3) is 0 Å². The molecule has 2 atom stereocenters. The van der Waals surface area contributed by atoms with Crippen molar-refractivity contribution in [3.8, 4) is 0 Å². The van der Waals surface area contributed by atoms with Gasteiger partial charge in [0, 0.05) is 12.6 Å². The number of hydrogen-bond acceptors (Lipinski definition) is 3. The molecule has 0 spiro atoms. The molecule has 100 valence electrons. The zero-order chi connectivity index (χ0) is 13.0. The number of nitrogens with zero attached hydrogens (tertiary/aromatic N) is 1. The summed E-state index contributed by atoms with van der Waals surface area (Å²) in [5, 5.41) is 9.63. The Morgan fingerprint density at radius 2 is 1.89 bits per heavy atom. The lowest BCUT2D eigenvalue weighted by molar-refractivity contribution is 0.0568. The van der Waals surface area contributed by atoms with Crippen LogP contribution < -0.4 is 5.73 Å². The van der Waals surface area contributed by atoms with Crippen LogP contribution >= 0.6 is 0 Å². The van der Waals surface area contributed by atoms with Crippen molar-refractivity contribution in [3.63, 3.8) is 0 Å². The number of hydrogen-bond donors (Lipinski definition) is 2. The van der Waals surface area contributed by atoms with Crippen molar-refractivity contribution < 1.29 is 5.11 Å². The molecule has 1 aromatic rings. The van der Waals surface area contributed by atoms with Gasteiger partial charge < -0.3 is 10.8 Å². The van der Waals surface area contributed by atoms with Crippen LogP contribution in [0.4, 0.5) is 0 Å². The van der Waals surface area contributed by atoms with Gasteiger partial charge in [-0.05, 0) is 44.3 Å². The molecule has 1 aliphatic rings. The van der Waals surface area contributed by atoms with Gasteiger partial charge in [0.05, 0.1) is 6.10 Å². The quantitative estimate of drug-likeness (QED) is 0.854. The molecule has 0 bridgehead atoms. The number of rotatable bonds is 4. The molecule has 1 aromatic carbocycles. The third-order valence-electron chi connectivity index (χ3n) is 4.10. The molecule has 0 aliphatic carbocycles. The highest BCUT2D eigenvalue weighted by Gasteiger charge is 2.27. The van der Waals surface area contributed by atoms with E-state index in [1.807, 2.05) is 13.0 Å². The van der Waals surface area contributed by atoms with E-state index < -0.39 is 0 Å². The summed E-state index contributed by atoms with van der Waals surface area (Å²) in [6, 6.07) is 10.8. The van der Waals surface area contributed by atoms with E-state index in [1.165, 1.54) is 5.56 Å². The maximum Gasteiger partial charge on any atom is 0.0541 e. The van der Waals surface area contributed by atoms with Crippen LogP contribution in [0.3, 0.4) is 0 Å². The molecule has 1 heterocycles. The Hall–Kier alpha value is -0.900. The number of aliphatic hydroxyl groups is 1. The van der Waals surface area contributed by atoms with Crippen LogP contribution in [-0.2, 0) is 0 Å². The van der Waals surface area contributed by atoms with Gasteiger partial charge in [0.15, 0.2) is 0 Å². The zero-order valence-electron chi connectivity index (χ0n) is 11.1. The highest BCUT2D eigenvalue weighted by atomic mass is 16.3. The topological polar surface area (TPSA) is 49.5 Å². The summed E-state index contributed by atoms with van der Waals surface area (Å²) in [6.07, 6.45) is 1.96. The minimum Gasteiger partial charge on any atom is -0.393 e. The summed E-state index contributed by atoms with van der Waals surface area (Å²) < 4.78 is 0. The fourth-order valence-corrected chi connectivity index (χ4v) is 2.88. The average Bonchev–Trinajstić information content (AvgIpc) is 2.41. The molecule has 0 saturated carbocycles. The van der Waals surface area contributed by atoms with Gasteiger partial charge >= 0.3 is 0 Å². The van der Waals surface area contributed by atoms with Gasteiger partial charge in [-0.3, -0.25) is 4.90 Å². The normalized spacial score (nSPS) is 21.7. The van der Waals surface area contributed by atoms with Crippen LogP contribution in [0, 0.1) is 5.92 Å². The lowest BCUT2D eigenvalue weighted by Gasteiger charge is -2.38. The van der Waals surface area contributed by atoms with Crippen molar-refractivity contribution >= 4 is 0 Å². The predicted octanol–water partition coefficient (Wildman–Crippen LogP) is 1.78. The molecule has 2 unspecified atom stereocenters. The standard InChI is InChI=1S/C15H24N2O/c1-12(18)13-7-9-17(10-8-13)15(11-16)14-5-3-2-4-6-14/h2-6,12-13,15,18H,7-11,16H2,1H3. The second-order valence-electron chi connectivity index (χ2n) is 5.28. The summed E-state index contributed by atoms with van der Waals surface area (Å²) >= 11 is 0. The second kappa shape index (κ2) is 6.32. The Labute approximate surface area is 110 Å². The number of benzene rings is 1. The number of piperidine rings is 1. The monoisotopic (exact) mass is 248 g/mol. The third kappa shape index (κ3) is 3.10. The molecule has 1 saturated heterocycles. The lowest BCUT2D eigenvalue weighted by atomic mass is 9.90. The number of likely N-dealkylation sites (tertiary alicyclic amines) is 1. The molecule has 0 radical (unpaired) electrons. The Kier molecular flexibility index (Phi) is 4.75. The summed E-state index contributed by atoms with van der Waals surface area (Å²) in [7, 11) is 0. The van der Waals surface area contributed by atoms with Crippen molar-refractivity contribution in [2.24, 2.45) is 11.7 Å². The Bertz CT molecular complexity index is 345. The van der Waals surface area contributed by atoms with Crippen LogP contribution in [0.1, 0.15) is 31.4 Å². The van der Waals surface area contributed by atoms with Crippen LogP contribution in [-0.4, -0.2) is 35.7 Å². The van der Waals surface area contributed by atoms with Crippen molar-refractivity contribution in [2.75, 3.05) is 19.6 Å². The number of nitrogens with two attached hydrogens (primary N) is 1. The summed E-state index contributed by atoms with van der Waals surface area (Å²) in [5.74, 6) is 0.454. The molecule has 3 heteroatoms. The van der Waals surface area contributed by atoms with Gasteiger partial charge in [0.25, 0.3) is 0 Å². The maximum absolute atomic E-state index is 9.63. The Morgan fingerprint density at radius 1 is 1.28 bits per heavy atom. The van der Waals surface area contributed by atoms with E-state index in [2.05, 4.69) is 29.2 Å². The predicted molar refractivity (Wildman–Crippen MR) is 74.2 cm³/mol. The first kappa shape index (κ1) is 13.5. The van der Waals surface area contributed by atoms with Crippen molar-refractivity contribution in [1.29, 1.82) is 0 Å². The van der Waals surface area contributed by atoms with E-state index in [9.17, 15) is 5.11 Å². The maximum atomic E-state index is 9.63. The average molecular weight is 248 g/mol. The Morgan fingerprint density at radius 3 is 2.39 bits per heavy atom. The smallest absolute Gasteiger partial charge is 0.0541 e. The van der Waals surface area contributed by atoms with Crippen molar-refractivity contribution in [2.45, 2.75) is 31.9 Å². The van der Waals surface area contributed by atoms with Crippen LogP contribution in [0.2, 0.25) is 0 Å². The van der Waals surface area contributed by atoms with Crippen molar-refractivity contribution in [3.05, 3.63) is 35.9 Å². The fraction of sp³-hybridized carbons (Fsp3) is 0.600. The van der Waals surface area contributed by atoms with Gasteiger partial charge in [-0.2, -0.15) is 0 Å². The lowest BCUT2D eigenvalue weighted by Crippen LogP contribution is -2.41. The fourth-order valence-electron chi connectivity index (χ4n) is 2.88. The van der Waals surface area contributed by atoms with Crippen LogP contribution in [0.5, 0.6) is 0 Å². The van der Waals surface area contributed by atoms with Crippen LogP contribution in [0.15, 0.2) is 30.3 Å². The van der Waals surface area contributed by atoms with E-state index >= 15 is 0 Å². The molecule has 3 nitrogen and oxygen atoms in total. The minimum absolute atomic E-state index is 0.180. The van der Waals surface area contributed by atoms with E-state index in [0.29, 0.717) is 18.5 Å². The molecule has 1 aliphatic heterocycles. The summed E-state index contributed by atoms with van der Waals surface area (Å²) in [4.78, 5) is 2.45. The highest BCUT2D eigenvalue weighted by molar-refractivity contribution is 5.19. The van der Waals surface area contributed by atoms with Gasteiger partial charge in [-0.25, -0.2) is 0 Å². The first-order valence-corrected chi connectivity index (χ1v) is 6.89. The summed E-state index contributed by atoms with van der Waals surface area (Å²) in [6.45, 7) is 4.62. The second-order valence-corrected chi connectivity index (χ2v) is 5.28. The van der Waals surface area contributed by atoms with Crippen molar-refractivity contribution in [1.82, 2.24) is 4.90 Å². The van der Waals surface area contributed by atoms with Gasteiger partial charge in [0.1, 0.15) is 0 Å². The molecule has 3 N–H and O–H groups in total. The molecule has 1 fully saturated rings. The molecule has 18 heavy (non-hydrogen) atoms. The highest BCUT2D eigenvalue weighted by Crippen LogP contribution is 2.27. The molecule has 0 amide bonds. The zero-order valence-corrected chi connectivity index (χ0v) is 11.1. The number of aliphatic hydroxyl groups excluding tert-OH is 1. The largest absolute Gasteiger partial charge is 0.393 e. The first-order chi connectivity index (χ1) is 8.72. The van der Waals surface area contributed by atoms with E-state index in [1.54, 1.807) is 0 Å². The Balaban J connectivity index is 1.99. The first-order valence-electron chi connectivity index (χ1n) is 6.89. The third-order valence-corrected chi connectivity index (χ3v) is 4.10.